The third kappa shape index (κ3) is 49.7. The molecule has 0 N–H and O–H groups in total. The lowest BCUT2D eigenvalue weighted by Gasteiger charge is -2.18. The van der Waals surface area contributed by atoms with Gasteiger partial charge in [-0.05, 0) is 116 Å². The van der Waals surface area contributed by atoms with E-state index in [0.29, 0.717) is 19.3 Å². The highest BCUT2D eigenvalue weighted by molar-refractivity contribution is 5.71. The Kier molecular flexibility index (Phi) is 48.9. The van der Waals surface area contributed by atoms with Gasteiger partial charge in [-0.25, -0.2) is 0 Å². The summed E-state index contributed by atoms with van der Waals surface area (Å²) in [6.45, 7) is 6.52. The van der Waals surface area contributed by atoms with Crippen molar-refractivity contribution in [2.45, 2.75) is 258 Å². The Labute approximate surface area is 389 Å². The van der Waals surface area contributed by atoms with E-state index in [4.69, 9.17) is 14.2 Å². The largest absolute Gasteiger partial charge is 0.462 e. The average Bonchev–Trinajstić information content (AvgIpc) is 3.28. The van der Waals surface area contributed by atoms with Crippen LogP contribution in [-0.2, 0) is 28.6 Å². The van der Waals surface area contributed by atoms with Crippen molar-refractivity contribution in [1.82, 2.24) is 0 Å². The minimum atomic E-state index is -0.802. The fraction of sp³-hybridized carbons (Fsp3) is 0.737. The molecule has 0 unspecified atom stereocenters. The molecule has 0 aromatic rings. The van der Waals surface area contributed by atoms with Gasteiger partial charge in [-0.1, -0.05) is 190 Å². The second kappa shape index (κ2) is 51.5. The van der Waals surface area contributed by atoms with Crippen molar-refractivity contribution < 1.29 is 28.6 Å². The van der Waals surface area contributed by atoms with Crippen LogP contribution in [0.1, 0.15) is 252 Å². The van der Waals surface area contributed by atoms with Crippen molar-refractivity contribution in [2.75, 3.05) is 13.2 Å². The van der Waals surface area contributed by atoms with Gasteiger partial charge in [0.05, 0.1) is 0 Å². The maximum Gasteiger partial charge on any atom is 0.306 e. The molecule has 0 fully saturated rings. The monoisotopic (exact) mass is 879 g/mol. The van der Waals surface area contributed by atoms with Crippen LogP contribution in [0.5, 0.6) is 0 Å². The summed E-state index contributed by atoms with van der Waals surface area (Å²) in [5.74, 6) is -0.953. The lowest BCUT2D eigenvalue weighted by Crippen LogP contribution is -2.30. The Morgan fingerprint density at radius 1 is 0.317 bits per heavy atom. The van der Waals surface area contributed by atoms with Gasteiger partial charge in [0.15, 0.2) is 6.10 Å². The van der Waals surface area contributed by atoms with E-state index < -0.39 is 6.10 Å². The number of unbranched alkanes of at least 4 members (excludes halogenated alkanes) is 24. The predicted octanol–water partition coefficient (Wildman–Crippen LogP) is 17.4. The molecule has 362 valence electrons. The van der Waals surface area contributed by atoms with Crippen molar-refractivity contribution >= 4 is 17.9 Å². The van der Waals surface area contributed by atoms with Gasteiger partial charge in [-0.15, -0.1) is 0 Å². The lowest BCUT2D eigenvalue weighted by atomic mass is 10.1. The van der Waals surface area contributed by atoms with E-state index >= 15 is 0 Å². The molecule has 0 bridgehead atoms. The normalized spacial score (nSPS) is 12.6. The summed E-state index contributed by atoms with van der Waals surface area (Å²) in [5.41, 5.74) is 0. The minimum absolute atomic E-state index is 0.0976. The average molecular weight is 879 g/mol. The van der Waals surface area contributed by atoms with Crippen molar-refractivity contribution in [2.24, 2.45) is 0 Å². The van der Waals surface area contributed by atoms with Gasteiger partial charge in [0.1, 0.15) is 13.2 Å². The summed E-state index contributed by atoms with van der Waals surface area (Å²) in [6.07, 6.45) is 64.5. The molecule has 6 nitrogen and oxygen atoms in total. The van der Waals surface area contributed by atoms with Crippen LogP contribution in [0, 0.1) is 0 Å². The third-order valence-corrected chi connectivity index (χ3v) is 11.2. The molecule has 0 aliphatic heterocycles. The van der Waals surface area contributed by atoms with Crippen molar-refractivity contribution in [3.8, 4) is 0 Å². The zero-order valence-electron chi connectivity index (χ0n) is 41.3. The number of carbonyl (C=O) groups excluding carboxylic acids is 3. The first-order valence-corrected chi connectivity index (χ1v) is 26.4. The summed E-state index contributed by atoms with van der Waals surface area (Å²) < 4.78 is 16.8. The molecule has 0 aliphatic carbocycles. The van der Waals surface area contributed by atoms with Gasteiger partial charge in [-0.2, -0.15) is 0 Å². The maximum atomic E-state index is 12.8. The number of hydrogen-bond donors (Lipinski definition) is 0. The van der Waals surface area contributed by atoms with Crippen molar-refractivity contribution in [3.05, 3.63) is 72.9 Å². The van der Waals surface area contributed by atoms with Crippen molar-refractivity contribution in [3.63, 3.8) is 0 Å². The summed E-state index contributed by atoms with van der Waals surface area (Å²) in [6, 6.07) is 0. The first kappa shape index (κ1) is 59.9. The first-order valence-electron chi connectivity index (χ1n) is 26.4. The van der Waals surface area contributed by atoms with Crippen LogP contribution in [0.3, 0.4) is 0 Å². The fourth-order valence-electron chi connectivity index (χ4n) is 7.12. The molecule has 63 heavy (non-hydrogen) atoms. The molecule has 0 heterocycles. The van der Waals surface area contributed by atoms with Gasteiger partial charge < -0.3 is 14.2 Å². The zero-order valence-corrected chi connectivity index (χ0v) is 41.3. The zero-order chi connectivity index (χ0) is 45.8. The Morgan fingerprint density at radius 3 is 0.968 bits per heavy atom. The van der Waals surface area contributed by atoms with Gasteiger partial charge >= 0.3 is 17.9 Å². The highest BCUT2D eigenvalue weighted by Gasteiger charge is 2.19. The van der Waals surface area contributed by atoms with E-state index in [9.17, 15) is 14.4 Å². The van der Waals surface area contributed by atoms with Crippen LogP contribution in [-0.4, -0.2) is 37.2 Å². The molecule has 0 amide bonds. The van der Waals surface area contributed by atoms with E-state index in [-0.39, 0.29) is 37.5 Å². The molecule has 1 atom stereocenters. The van der Waals surface area contributed by atoms with E-state index in [1.54, 1.807) is 0 Å². The van der Waals surface area contributed by atoms with E-state index in [0.717, 1.165) is 89.9 Å². The minimum Gasteiger partial charge on any atom is -0.462 e. The number of rotatable bonds is 47. The summed E-state index contributed by atoms with van der Waals surface area (Å²) in [5, 5.41) is 0. The Morgan fingerprint density at radius 2 is 0.571 bits per heavy atom. The highest BCUT2D eigenvalue weighted by Crippen LogP contribution is 2.13. The standard InChI is InChI=1S/C57H98O6/c1-4-7-10-13-16-19-22-25-28-31-34-37-40-43-46-49-55(58)61-52-54(63-57(60)51-48-45-42-39-36-33-30-27-24-21-18-15-12-9-6-3)53-62-56(59)50-47-44-41-38-35-32-29-26-23-20-17-14-11-8-5-2/h16,18-21,23,25,27-28,30,36,39,54H,4-15,17,22,24,26,29,31-35,37-38,40-53H2,1-3H3/b19-16-,21-18-,23-20-,28-25-,30-27-,39-36-/t54-/m1/s1. The van der Waals surface area contributed by atoms with E-state index in [2.05, 4.69) is 93.7 Å². The summed E-state index contributed by atoms with van der Waals surface area (Å²) >= 11 is 0. The molecule has 0 aromatic carbocycles. The number of allylic oxidation sites excluding steroid dienone is 12. The molecule has 0 saturated heterocycles. The molecular weight excluding hydrogens is 781 g/mol. The number of carbonyl (C=O) groups is 3. The van der Waals surface area contributed by atoms with Gasteiger partial charge in [0.2, 0.25) is 0 Å². The van der Waals surface area contributed by atoms with E-state index in [1.807, 2.05) is 0 Å². The number of ether oxygens (including phenoxy) is 3. The van der Waals surface area contributed by atoms with Gasteiger partial charge in [0, 0.05) is 19.3 Å². The second-order valence-electron chi connectivity index (χ2n) is 17.4. The van der Waals surface area contributed by atoms with Crippen LogP contribution < -0.4 is 0 Å². The highest BCUT2D eigenvalue weighted by atomic mass is 16.6. The fourth-order valence-corrected chi connectivity index (χ4v) is 7.12. The summed E-state index contributed by atoms with van der Waals surface area (Å²) in [7, 11) is 0. The molecular formula is C57H98O6. The topological polar surface area (TPSA) is 78.9 Å². The molecule has 0 radical (unpaired) electrons. The van der Waals surface area contributed by atoms with Crippen LogP contribution in [0.2, 0.25) is 0 Å². The molecule has 0 spiro atoms. The summed E-state index contributed by atoms with van der Waals surface area (Å²) in [4.78, 5) is 38.0. The molecule has 0 aromatic heterocycles. The molecule has 0 saturated carbocycles. The van der Waals surface area contributed by atoms with Crippen LogP contribution in [0.4, 0.5) is 0 Å². The lowest BCUT2D eigenvalue weighted by molar-refractivity contribution is -0.167. The molecule has 0 aliphatic rings. The Bertz CT molecular complexity index is 1190. The van der Waals surface area contributed by atoms with Crippen LogP contribution in [0.25, 0.3) is 0 Å². The van der Waals surface area contributed by atoms with Gasteiger partial charge in [-0.3, -0.25) is 14.4 Å². The van der Waals surface area contributed by atoms with Gasteiger partial charge in [0.25, 0.3) is 0 Å². The van der Waals surface area contributed by atoms with Crippen LogP contribution in [0.15, 0.2) is 72.9 Å². The second-order valence-corrected chi connectivity index (χ2v) is 17.4. The Hall–Kier alpha value is -3.15. The predicted molar refractivity (Wildman–Crippen MR) is 270 cm³/mol. The first-order chi connectivity index (χ1) is 31.0. The Balaban J connectivity index is 4.47. The molecule has 0 rings (SSSR count). The number of hydrogen-bond acceptors (Lipinski definition) is 6. The van der Waals surface area contributed by atoms with Crippen LogP contribution >= 0.6 is 0 Å². The quantitative estimate of drug-likeness (QED) is 0.0262. The SMILES string of the molecule is CCCCC/C=C\C/C=C\C/C=C\CCCCC(=O)O[C@H](COC(=O)CCCCCCC/C=C\C/C=C\CCCCC)COC(=O)CCCCCCCCC/C=C\CCCCCC. The molecule has 6 heteroatoms. The third-order valence-electron chi connectivity index (χ3n) is 11.2. The van der Waals surface area contributed by atoms with Crippen molar-refractivity contribution in [1.29, 1.82) is 0 Å². The van der Waals surface area contributed by atoms with E-state index in [1.165, 1.54) is 116 Å². The number of esters is 3. The maximum absolute atomic E-state index is 12.8. The smallest absolute Gasteiger partial charge is 0.306 e.